The summed E-state index contributed by atoms with van der Waals surface area (Å²) in [5.41, 5.74) is 2.56. The van der Waals surface area contributed by atoms with Crippen molar-refractivity contribution in [2.75, 3.05) is 11.9 Å². The number of esters is 1. The third-order valence-corrected chi connectivity index (χ3v) is 4.75. The number of amides is 1. The molecule has 29 heavy (non-hydrogen) atoms. The van der Waals surface area contributed by atoms with Crippen molar-refractivity contribution in [2.24, 2.45) is 5.41 Å². The summed E-state index contributed by atoms with van der Waals surface area (Å²) in [5.74, 6) is -2.35. The van der Waals surface area contributed by atoms with Crippen LogP contribution in [-0.4, -0.2) is 24.3 Å². The highest BCUT2D eigenvalue weighted by Gasteiger charge is 2.34. The van der Waals surface area contributed by atoms with Crippen molar-refractivity contribution in [2.45, 2.75) is 47.5 Å². The molecule has 5 heteroatoms. The molecule has 0 fully saturated rings. The molecule has 1 N–H and O–H groups in total. The number of rotatable bonds is 6. The first kappa shape index (κ1) is 22.3. The quantitative estimate of drug-likeness (QED) is 0.432. The standard InChI is InChI=1S/C24H29NO4/c1-7-29-22(27)20(21(26)17-11-9-8-10-12-17)18-13-15(2)16(3)14-19(18)25-23(28)24(4,5)6/h8-14,20H,7H2,1-6H3,(H,25,28). The Balaban J connectivity index is 2.62. The van der Waals surface area contributed by atoms with Gasteiger partial charge in [0, 0.05) is 16.7 Å². The molecule has 0 bridgehead atoms. The largest absolute Gasteiger partial charge is 0.465 e. The lowest BCUT2D eigenvalue weighted by Gasteiger charge is -2.23. The Morgan fingerprint density at radius 3 is 2.14 bits per heavy atom. The number of Topliss-reactive ketones (excluding diaryl/α,β-unsaturated/α-hetero) is 1. The van der Waals surface area contributed by atoms with E-state index in [4.69, 9.17) is 4.74 Å². The van der Waals surface area contributed by atoms with Crippen LogP contribution in [0.3, 0.4) is 0 Å². The van der Waals surface area contributed by atoms with Crippen LogP contribution in [0.4, 0.5) is 5.69 Å². The van der Waals surface area contributed by atoms with E-state index in [1.165, 1.54) is 0 Å². The van der Waals surface area contributed by atoms with E-state index in [-0.39, 0.29) is 18.3 Å². The van der Waals surface area contributed by atoms with Gasteiger partial charge in [-0.3, -0.25) is 14.4 Å². The van der Waals surface area contributed by atoms with Crippen LogP contribution in [-0.2, 0) is 14.3 Å². The van der Waals surface area contributed by atoms with Crippen LogP contribution in [0.5, 0.6) is 0 Å². The molecule has 1 atom stereocenters. The Labute approximate surface area is 172 Å². The molecule has 0 heterocycles. The fourth-order valence-corrected chi connectivity index (χ4v) is 2.87. The van der Waals surface area contributed by atoms with Gasteiger partial charge in [0.25, 0.3) is 0 Å². The number of aryl methyl sites for hydroxylation is 2. The first-order valence-corrected chi connectivity index (χ1v) is 9.74. The zero-order valence-corrected chi connectivity index (χ0v) is 18.0. The minimum Gasteiger partial charge on any atom is -0.465 e. The lowest BCUT2D eigenvalue weighted by atomic mass is 9.87. The second-order valence-corrected chi connectivity index (χ2v) is 8.14. The molecule has 5 nitrogen and oxygen atoms in total. The van der Waals surface area contributed by atoms with Crippen molar-refractivity contribution < 1.29 is 19.1 Å². The van der Waals surface area contributed by atoms with E-state index in [2.05, 4.69) is 5.32 Å². The molecule has 0 saturated heterocycles. The Morgan fingerprint density at radius 1 is 1.00 bits per heavy atom. The van der Waals surface area contributed by atoms with Crippen LogP contribution < -0.4 is 5.32 Å². The lowest BCUT2D eigenvalue weighted by Crippen LogP contribution is -2.30. The van der Waals surface area contributed by atoms with E-state index in [1.807, 2.05) is 13.8 Å². The van der Waals surface area contributed by atoms with Crippen LogP contribution in [0.2, 0.25) is 0 Å². The predicted molar refractivity (Wildman–Crippen MR) is 114 cm³/mol. The maximum atomic E-state index is 13.3. The second kappa shape index (κ2) is 9.03. The third kappa shape index (κ3) is 5.31. The van der Waals surface area contributed by atoms with Gasteiger partial charge in [-0.25, -0.2) is 0 Å². The van der Waals surface area contributed by atoms with Crippen LogP contribution in [0.15, 0.2) is 42.5 Å². The van der Waals surface area contributed by atoms with Crippen LogP contribution >= 0.6 is 0 Å². The molecule has 0 aliphatic heterocycles. The van der Waals surface area contributed by atoms with Gasteiger partial charge in [-0.2, -0.15) is 0 Å². The van der Waals surface area contributed by atoms with Gasteiger partial charge in [0.2, 0.25) is 5.91 Å². The van der Waals surface area contributed by atoms with Crippen molar-refractivity contribution in [3.63, 3.8) is 0 Å². The predicted octanol–water partition coefficient (Wildman–Crippen LogP) is 4.82. The third-order valence-electron chi connectivity index (χ3n) is 4.75. The summed E-state index contributed by atoms with van der Waals surface area (Å²) in [6.45, 7) is 11.1. The average Bonchev–Trinajstić information content (AvgIpc) is 2.65. The Bertz CT molecular complexity index is 910. The van der Waals surface area contributed by atoms with Gasteiger partial charge >= 0.3 is 5.97 Å². The highest BCUT2D eigenvalue weighted by Crippen LogP contribution is 2.33. The number of ether oxygens (including phenoxy) is 1. The summed E-state index contributed by atoms with van der Waals surface area (Å²) in [6.07, 6.45) is 0. The summed E-state index contributed by atoms with van der Waals surface area (Å²) in [4.78, 5) is 38.7. The Morgan fingerprint density at radius 2 is 1.59 bits per heavy atom. The van der Waals surface area contributed by atoms with Gasteiger partial charge in [-0.1, -0.05) is 57.2 Å². The van der Waals surface area contributed by atoms with Gasteiger partial charge in [0.05, 0.1) is 6.61 Å². The molecule has 0 aliphatic carbocycles. The van der Waals surface area contributed by atoms with Gasteiger partial charge in [0.15, 0.2) is 5.78 Å². The zero-order valence-electron chi connectivity index (χ0n) is 18.0. The number of hydrogen-bond acceptors (Lipinski definition) is 4. The summed E-state index contributed by atoms with van der Waals surface area (Å²) < 4.78 is 5.23. The van der Waals surface area contributed by atoms with Crippen molar-refractivity contribution in [1.29, 1.82) is 0 Å². The van der Waals surface area contributed by atoms with Gasteiger partial charge in [0.1, 0.15) is 5.92 Å². The Hall–Kier alpha value is -2.95. The maximum absolute atomic E-state index is 13.3. The SMILES string of the molecule is CCOC(=O)C(C(=O)c1ccccc1)c1cc(C)c(C)cc1NC(=O)C(C)(C)C. The lowest BCUT2D eigenvalue weighted by molar-refractivity contribution is -0.143. The minimum atomic E-state index is -1.16. The number of carbonyl (C=O) groups excluding carboxylic acids is 3. The summed E-state index contributed by atoms with van der Waals surface area (Å²) in [5, 5.41) is 2.90. The number of anilines is 1. The number of carbonyl (C=O) groups is 3. The average molecular weight is 395 g/mol. The zero-order chi connectivity index (χ0) is 21.8. The van der Waals surface area contributed by atoms with E-state index in [9.17, 15) is 14.4 Å². The fourth-order valence-electron chi connectivity index (χ4n) is 2.87. The molecule has 0 radical (unpaired) electrons. The first-order chi connectivity index (χ1) is 13.6. The molecule has 0 saturated carbocycles. The van der Waals surface area contributed by atoms with Crippen molar-refractivity contribution in [1.82, 2.24) is 0 Å². The van der Waals surface area contributed by atoms with Crippen molar-refractivity contribution in [3.05, 3.63) is 64.7 Å². The Kier molecular flexibility index (Phi) is 6.96. The summed E-state index contributed by atoms with van der Waals surface area (Å²) in [7, 11) is 0. The smallest absolute Gasteiger partial charge is 0.321 e. The van der Waals surface area contributed by atoms with Gasteiger partial charge in [-0.15, -0.1) is 0 Å². The van der Waals surface area contributed by atoms with Crippen LogP contribution in [0.1, 0.15) is 60.7 Å². The van der Waals surface area contributed by atoms with Crippen LogP contribution in [0.25, 0.3) is 0 Å². The highest BCUT2D eigenvalue weighted by molar-refractivity contribution is 6.14. The fraction of sp³-hybridized carbons (Fsp3) is 0.375. The number of nitrogens with one attached hydrogen (secondary N) is 1. The number of ketones is 1. The molecule has 0 aliphatic rings. The molecular formula is C24H29NO4. The van der Waals surface area contributed by atoms with Gasteiger partial charge in [-0.05, 0) is 43.5 Å². The number of hydrogen-bond donors (Lipinski definition) is 1. The molecule has 154 valence electrons. The molecule has 1 unspecified atom stereocenters. The molecule has 2 aromatic rings. The molecule has 2 aromatic carbocycles. The minimum absolute atomic E-state index is 0.159. The van der Waals surface area contributed by atoms with E-state index in [1.54, 1.807) is 70.2 Å². The van der Waals surface area contributed by atoms with E-state index >= 15 is 0 Å². The maximum Gasteiger partial charge on any atom is 0.321 e. The first-order valence-electron chi connectivity index (χ1n) is 9.74. The monoisotopic (exact) mass is 395 g/mol. The topological polar surface area (TPSA) is 72.5 Å². The number of benzene rings is 2. The summed E-state index contributed by atoms with van der Waals surface area (Å²) in [6, 6.07) is 12.2. The molecule has 1 amide bonds. The second-order valence-electron chi connectivity index (χ2n) is 8.14. The molecular weight excluding hydrogens is 366 g/mol. The van der Waals surface area contributed by atoms with Crippen molar-refractivity contribution >= 4 is 23.3 Å². The summed E-state index contributed by atoms with van der Waals surface area (Å²) >= 11 is 0. The normalized spacial score (nSPS) is 12.2. The molecule has 2 rings (SSSR count). The molecule has 0 aromatic heterocycles. The van der Waals surface area contributed by atoms with E-state index in [0.29, 0.717) is 16.8 Å². The van der Waals surface area contributed by atoms with Crippen LogP contribution in [0, 0.1) is 19.3 Å². The van der Waals surface area contributed by atoms with Gasteiger partial charge < -0.3 is 10.1 Å². The molecule has 0 spiro atoms. The van der Waals surface area contributed by atoms with Crippen molar-refractivity contribution in [3.8, 4) is 0 Å². The highest BCUT2D eigenvalue weighted by atomic mass is 16.5. The van der Waals surface area contributed by atoms with E-state index < -0.39 is 17.3 Å². The van der Waals surface area contributed by atoms with E-state index in [0.717, 1.165) is 11.1 Å².